The van der Waals surface area contributed by atoms with Gasteiger partial charge in [-0.2, -0.15) is 8.42 Å². The van der Waals surface area contributed by atoms with Crippen LogP contribution in [0.5, 0.6) is 11.5 Å². The zero-order valence-electron chi connectivity index (χ0n) is 11.7. The van der Waals surface area contributed by atoms with E-state index >= 15 is 0 Å². The molecule has 1 aliphatic rings. The standard InChI is InChI=1S/C15H12BrFO5S/c16-10-1-4-13(5-2-10)23(18,19)21-9-12-8-20-15-7-11(17)3-6-14(15)22-12/h1-7,12H,8-9H2. The van der Waals surface area contributed by atoms with Gasteiger partial charge in [-0.25, -0.2) is 4.39 Å². The summed E-state index contributed by atoms with van der Waals surface area (Å²) in [4.78, 5) is 0.0555. The fourth-order valence-electron chi connectivity index (χ4n) is 2.01. The Morgan fingerprint density at radius 1 is 1.17 bits per heavy atom. The van der Waals surface area contributed by atoms with Gasteiger partial charge in [0.15, 0.2) is 17.6 Å². The van der Waals surface area contributed by atoms with E-state index in [0.717, 1.165) is 4.47 Å². The Balaban J connectivity index is 1.65. The van der Waals surface area contributed by atoms with Crippen molar-refractivity contribution in [3.8, 4) is 11.5 Å². The Kier molecular flexibility index (Phi) is 4.56. The molecular formula is C15H12BrFO5S. The lowest BCUT2D eigenvalue weighted by Crippen LogP contribution is -2.34. The van der Waals surface area contributed by atoms with E-state index in [-0.39, 0.29) is 23.9 Å². The minimum Gasteiger partial charge on any atom is -0.486 e. The number of fused-ring (bicyclic) bond motifs is 1. The molecule has 5 nitrogen and oxygen atoms in total. The second-order valence-corrected chi connectivity index (χ2v) is 7.37. The predicted molar refractivity (Wildman–Crippen MR) is 83.6 cm³/mol. The molecular weight excluding hydrogens is 391 g/mol. The normalized spacial score (nSPS) is 17.0. The summed E-state index contributed by atoms with van der Waals surface area (Å²) in [5.41, 5.74) is 0. The van der Waals surface area contributed by atoms with E-state index < -0.39 is 22.0 Å². The summed E-state index contributed by atoms with van der Waals surface area (Å²) in [6.45, 7) is -0.123. The quantitative estimate of drug-likeness (QED) is 0.735. The van der Waals surface area contributed by atoms with Crippen LogP contribution in [0, 0.1) is 5.82 Å². The first-order valence-corrected chi connectivity index (χ1v) is 8.88. The molecule has 0 spiro atoms. The van der Waals surface area contributed by atoms with E-state index in [9.17, 15) is 12.8 Å². The number of benzene rings is 2. The molecule has 1 unspecified atom stereocenters. The zero-order valence-corrected chi connectivity index (χ0v) is 14.1. The van der Waals surface area contributed by atoms with Crippen molar-refractivity contribution >= 4 is 26.0 Å². The Bertz CT molecular complexity index is 807. The number of ether oxygens (including phenoxy) is 2. The Labute approximate surface area is 141 Å². The van der Waals surface area contributed by atoms with E-state index in [0.29, 0.717) is 5.75 Å². The average Bonchev–Trinajstić information content (AvgIpc) is 2.53. The highest BCUT2D eigenvalue weighted by molar-refractivity contribution is 9.10. The van der Waals surface area contributed by atoms with Gasteiger partial charge in [-0.15, -0.1) is 0 Å². The summed E-state index contributed by atoms with van der Waals surface area (Å²) in [6.07, 6.45) is -0.599. The van der Waals surface area contributed by atoms with E-state index in [2.05, 4.69) is 15.9 Å². The van der Waals surface area contributed by atoms with Gasteiger partial charge in [-0.1, -0.05) is 15.9 Å². The molecule has 0 saturated heterocycles. The Morgan fingerprint density at radius 2 is 1.91 bits per heavy atom. The van der Waals surface area contributed by atoms with Crippen molar-refractivity contribution in [2.24, 2.45) is 0 Å². The monoisotopic (exact) mass is 402 g/mol. The highest BCUT2D eigenvalue weighted by atomic mass is 79.9. The maximum absolute atomic E-state index is 13.1. The lowest BCUT2D eigenvalue weighted by molar-refractivity contribution is 0.0551. The molecule has 2 aromatic rings. The van der Waals surface area contributed by atoms with Crippen LogP contribution in [0.25, 0.3) is 0 Å². The van der Waals surface area contributed by atoms with Gasteiger partial charge in [0.2, 0.25) is 0 Å². The molecule has 0 radical (unpaired) electrons. The molecule has 0 aliphatic carbocycles. The first kappa shape index (κ1) is 16.2. The second-order valence-electron chi connectivity index (χ2n) is 4.83. The van der Waals surface area contributed by atoms with Gasteiger partial charge >= 0.3 is 0 Å². The summed E-state index contributed by atoms with van der Waals surface area (Å²) >= 11 is 3.24. The van der Waals surface area contributed by atoms with Gasteiger partial charge in [-0.05, 0) is 36.4 Å². The lowest BCUT2D eigenvalue weighted by atomic mass is 10.2. The number of halogens is 2. The fourth-order valence-corrected chi connectivity index (χ4v) is 3.21. The molecule has 122 valence electrons. The van der Waals surface area contributed by atoms with Gasteiger partial charge < -0.3 is 9.47 Å². The van der Waals surface area contributed by atoms with Crippen molar-refractivity contribution in [1.82, 2.24) is 0 Å². The summed E-state index contributed by atoms with van der Waals surface area (Å²) < 4.78 is 53.9. The van der Waals surface area contributed by atoms with Gasteiger partial charge in [0.05, 0.1) is 4.90 Å². The summed E-state index contributed by atoms with van der Waals surface area (Å²) in [7, 11) is -3.88. The second kappa shape index (κ2) is 6.46. The first-order chi connectivity index (χ1) is 10.9. The third-order valence-corrected chi connectivity index (χ3v) is 4.96. The van der Waals surface area contributed by atoms with Crippen molar-refractivity contribution in [1.29, 1.82) is 0 Å². The van der Waals surface area contributed by atoms with Crippen LogP contribution in [0.4, 0.5) is 4.39 Å². The molecule has 1 atom stereocenters. The summed E-state index contributed by atoms with van der Waals surface area (Å²) in [5, 5.41) is 0. The Hall–Kier alpha value is -1.64. The minimum absolute atomic E-state index is 0.0555. The SMILES string of the molecule is O=S(=O)(OCC1COc2cc(F)ccc2O1)c1ccc(Br)cc1. The van der Waals surface area contributed by atoms with Gasteiger partial charge in [-0.3, -0.25) is 4.18 Å². The molecule has 23 heavy (non-hydrogen) atoms. The maximum Gasteiger partial charge on any atom is 0.297 e. The Morgan fingerprint density at radius 3 is 2.65 bits per heavy atom. The first-order valence-electron chi connectivity index (χ1n) is 6.68. The van der Waals surface area contributed by atoms with E-state index in [4.69, 9.17) is 13.7 Å². The zero-order chi connectivity index (χ0) is 16.4. The van der Waals surface area contributed by atoms with Gasteiger partial charge in [0, 0.05) is 10.5 Å². The van der Waals surface area contributed by atoms with Gasteiger partial charge in [0.25, 0.3) is 10.1 Å². The molecule has 0 amide bonds. The molecule has 2 aromatic carbocycles. The lowest BCUT2D eigenvalue weighted by Gasteiger charge is -2.26. The molecule has 8 heteroatoms. The minimum atomic E-state index is -3.88. The van der Waals surface area contributed by atoms with Crippen molar-refractivity contribution in [3.05, 3.63) is 52.8 Å². The molecule has 0 N–H and O–H groups in total. The molecule has 3 rings (SSSR count). The van der Waals surface area contributed by atoms with E-state index in [1.54, 1.807) is 12.1 Å². The highest BCUT2D eigenvalue weighted by Crippen LogP contribution is 2.32. The van der Waals surface area contributed by atoms with Crippen LogP contribution in [0.3, 0.4) is 0 Å². The smallest absolute Gasteiger partial charge is 0.297 e. The third-order valence-electron chi connectivity index (χ3n) is 3.14. The molecule has 0 saturated carbocycles. The number of hydrogen-bond acceptors (Lipinski definition) is 5. The van der Waals surface area contributed by atoms with Crippen molar-refractivity contribution in [2.45, 2.75) is 11.0 Å². The fraction of sp³-hybridized carbons (Fsp3) is 0.200. The summed E-state index contributed by atoms with van der Waals surface area (Å²) in [6, 6.07) is 9.99. The van der Waals surface area contributed by atoms with Crippen molar-refractivity contribution in [2.75, 3.05) is 13.2 Å². The van der Waals surface area contributed by atoms with Crippen LogP contribution in [0.2, 0.25) is 0 Å². The van der Waals surface area contributed by atoms with Crippen LogP contribution >= 0.6 is 15.9 Å². The van der Waals surface area contributed by atoms with Crippen molar-refractivity contribution in [3.63, 3.8) is 0 Å². The topological polar surface area (TPSA) is 61.8 Å². The van der Waals surface area contributed by atoms with Crippen LogP contribution in [0.1, 0.15) is 0 Å². The molecule has 0 bridgehead atoms. The van der Waals surface area contributed by atoms with E-state index in [1.807, 2.05) is 0 Å². The van der Waals surface area contributed by atoms with E-state index in [1.165, 1.54) is 30.3 Å². The average molecular weight is 403 g/mol. The van der Waals surface area contributed by atoms with Gasteiger partial charge in [0.1, 0.15) is 19.0 Å². The summed E-state index contributed by atoms with van der Waals surface area (Å²) in [5.74, 6) is 0.212. The third kappa shape index (κ3) is 3.82. The predicted octanol–water partition coefficient (Wildman–Crippen LogP) is 3.13. The highest BCUT2D eigenvalue weighted by Gasteiger charge is 2.25. The van der Waals surface area contributed by atoms with Crippen LogP contribution in [-0.2, 0) is 14.3 Å². The number of rotatable bonds is 4. The maximum atomic E-state index is 13.1. The molecule has 0 aromatic heterocycles. The van der Waals surface area contributed by atoms with Crippen LogP contribution in [0.15, 0.2) is 51.8 Å². The largest absolute Gasteiger partial charge is 0.486 e. The van der Waals surface area contributed by atoms with Crippen LogP contribution in [-0.4, -0.2) is 27.7 Å². The molecule has 0 fully saturated rings. The van der Waals surface area contributed by atoms with Crippen LogP contribution < -0.4 is 9.47 Å². The molecule has 1 aliphatic heterocycles. The molecule has 1 heterocycles. The number of hydrogen-bond donors (Lipinski definition) is 0. The van der Waals surface area contributed by atoms with Crippen molar-refractivity contribution < 1.29 is 26.5 Å².